The molecule has 2 heteroatoms. The van der Waals surface area contributed by atoms with Gasteiger partial charge in [-0.05, 0) is 42.0 Å². The van der Waals surface area contributed by atoms with E-state index in [2.05, 4.69) is 34.1 Å². The van der Waals surface area contributed by atoms with E-state index in [1.165, 1.54) is 25.7 Å². The smallest absolute Gasteiger partial charge is 0.0684 e. The van der Waals surface area contributed by atoms with Crippen LogP contribution in [0.1, 0.15) is 31.2 Å². The topological polar surface area (TPSA) is 20.2 Å². The highest BCUT2D eigenvalue weighted by atomic mass is 79.9. The number of benzene rings is 1. The minimum Gasteiger partial charge on any atom is -0.392 e. The molecule has 1 nitrogen and oxygen atoms in total. The zero-order valence-electron chi connectivity index (χ0n) is 9.32. The van der Waals surface area contributed by atoms with Crippen molar-refractivity contribution >= 4 is 21.5 Å². The molecular weight excluding hydrogens is 264 g/mol. The number of halogens is 1. The minimum atomic E-state index is 0.137. The Kier molecular flexibility index (Phi) is 4.19. The third kappa shape index (κ3) is 2.96. The van der Waals surface area contributed by atoms with Gasteiger partial charge in [-0.3, -0.25) is 0 Å². The van der Waals surface area contributed by atoms with Crippen molar-refractivity contribution in [3.63, 3.8) is 0 Å². The van der Waals surface area contributed by atoms with Gasteiger partial charge >= 0.3 is 0 Å². The Hall–Kier alpha value is -0.600. The van der Waals surface area contributed by atoms with Gasteiger partial charge in [0.1, 0.15) is 0 Å². The van der Waals surface area contributed by atoms with Crippen molar-refractivity contribution in [3.05, 3.63) is 40.4 Å². The Labute approximate surface area is 105 Å². The maximum absolute atomic E-state index is 9.43. The molecule has 0 heterocycles. The van der Waals surface area contributed by atoms with Gasteiger partial charge in [-0.15, -0.1) is 0 Å². The number of rotatable bonds is 3. The Morgan fingerprint density at radius 1 is 1.25 bits per heavy atom. The van der Waals surface area contributed by atoms with E-state index in [1.807, 2.05) is 12.1 Å². The molecule has 1 aliphatic carbocycles. The molecule has 0 atom stereocenters. The van der Waals surface area contributed by atoms with Crippen molar-refractivity contribution in [1.82, 2.24) is 0 Å². The van der Waals surface area contributed by atoms with E-state index in [9.17, 15) is 5.11 Å². The Bertz CT molecular complexity index is 361. The van der Waals surface area contributed by atoms with Crippen molar-refractivity contribution in [2.75, 3.05) is 6.61 Å². The van der Waals surface area contributed by atoms with Gasteiger partial charge < -0.3 is 5.11 Å². The van der Waals surface area contributed by atoms with Crippen LogP contribution in [0.25, 0.3) is 5.57 Å². The van der Waals surface area contributed by atoms with Gasteiger partial charge in [0.05, 0.1) is 6.61 Å². The van der Waals surface area contributed by atoms with Gasteiger partial charge in [0, 0.05) is 4.47 Å². The molecule has 0 aliphatic heterocycles. The average Bonchev–Trinajstić information content (AvgIpc) is 2.80. The maximum atomic E-state index is 9.43. The Morgan fingerprint density at radius 3 is 2.44 bits per heavy atom. The second-order valence-electron chi connectivity index (χ2n) is 4.40. The molecule has 1 N–H and O–H groups in total. The van der Waals surface area contributed by atoms with E-state index in [1.54, 1.807) is 0 Å². The highest BCUT2D eigenvalue weighted by Gasteiger charge is 2.13. The Balaban J connectivity index is 2.17. The predicted octanol–water partition coefficient (Wildman–Crippen LogP) is 4.02. The largest absolute Gasteiger partial charge is 0.392 e. The fraction of sp³-hybridized carbons (Fsp3) is 0.429. The molecule has 1 aromatic rings. The summed E-state index contributed by atoms with van der Waals surface area (Å²) in [6, 6.07) is 8.16. The first-order valence-electron chi connectivity index (χ1n) is 5.87. The van der Waals surface area contributed by atoms with Crippen LogP contribution in [0.4, 0.5) is 0 Å². The summed E-state index contributed by atoms with van der Waals surface area (Å²) in [6.07, 6.45) is 7.48. The molecule has 16 heavy (non-hydrogen) atoms. The summed E-state index contributed by atoms with van der Waals surface area (Å²) < 4.78 is 1.08. The number of hydrogen-bond donors (Lipinski definition) is 1. The highest BCUT2D eigenvalue weighted by molar-refractivity contribution is 9.10. The van der Waals surface area contributed by atoms with Crippen LogP contribution in [0.3, 0.4) is 0 Å². The predicted molar refractivity (Wildman–Crippen MR) is 71.2 cm³/mol. The fourth-order valence-electron chi connectivity index (χ4n) is 2.31. The van der Waals surface area contributed by atoms with Crippen molar-refractivity contribution < 1.29 is 5.11 Å². The van der Waals surface area contributed by atoms with Crippen LogP contribution in [0.5, 0.6) is 0 Å². The lowest BCUT2D eigenvalue weighted by Gasteiger charge is -2.08. The van der Waals surface area contributed by atoms with E-state index < -0.39 is 0 Å². The van der Waals surface area contributed by atoms with E-state index in [4.69, 9.17) is 0 Å². The summed E-state index contributed by atoms with van der Waals surface area (Å²) in [5.41, 5.74) is 2.21. The van der Waals surface area contributed by atoms with Crippen LogP contribution in [-0.2, 0) is 0 Å². The van der Waals surface area contributed by atoms with Crippen LogP contribution < -0.4 is 0 Å². The zero-order chi connectivity index (χ0) is 11.4. The summed E-state index contributed by atoms with van der Waals surface area (Å²) in [5, 5.41) is 9.43. The molecule has 1 aromatic carbocycles. The third-order valence-electron chi connectivity index (χ3n) is 3.22. The summed E-state index contributed by atoms with van der Waals surface area (Å²) in [6.45, 7) is 0.137. The molecule has 1 fully saturated rings. The molecule has 0 bridgehead atoms. The second kappa shape index (κ2) is 5.65. The number of aliphatic hydroxyl groups excluding tert-OH is 1. The second-order valence-corrected chi connectivity index (χ2v) is 5.32. The molecule has 0 radical (unpaired) electrons. The van der Waals surface area contributed by atoms with Crippen molar-refractivity contribution in [2.45, 2.75) is 25.7 Å². The molecule has 0 unspecified atom stereocenters. The first-order valence-corrected chi connectivity index (χ1v) is 6.66. The van der Waals surface area contributed by atoms with E-state index in [0.29, 0.717) is 5.92 Å². The van der Waals surface area contributed by atoms with Crippen LogP contribution in [0, 0.1) is 5.92 Å². The van der Waals surface area contributed by atoms with Crippen LogP contribution in [0.2, 0.25) is 0 Å². The Morgan fingerprint density at radius 2 is 1.88 bits per heavy atom. The van der Waals surface area contributed by atoms with Crippen LogP contribution >= 0.6 is 15.9 Å². The maximum Gasteiger partial charge on any atom is 0.0684 e. The van der Waals surface area contributed by atoms with Gasteiger partial charge in [0.25, 0.3) is 0 Å². The molecule has 0 saturated heterocycles. The number of hydrogen-bond acceptors (Lipinski definition) is 1. The first-order chi connectivity index (χ1) is 7.79. The standard InChI is InChI=1S/C14H17BrO/c15-14-7-5-12(6-8-14)13(10-16)9-11-3-1-2-4-11/h5-9,11,16H,1-4,10H2. The van der Waals surface area contributed by atoms with E-state index >= 15 is 0 Å². The molecule has 0 amide bonds. The van der Waals surface area contributed by atoms with Crippen molar-refractivity contribution in [3.8, 4) is 0 Å². The SMILES string of the molecule is OCC(=CC1CCCC1)c1ccc(Br)cc1. The lowest BCUT2D eigenvalue weighted by molar-refractivity contribution is 0.349. The molecule has 2 rings (SSSR count). The van der Waals surface area contributed by atoms with Crippen LogP contribution in [-0.4, -0.2) is 11.7 Å². The minimum absolute atomic E-state index is 0.137. The number of allylic oxidation sites excluding steroid dienone is 1. The summed E-state index contributed by atoms with van der Waals surface area (Å²) in [5.74, 6) is 0.672. The van der Waals surface area contributed by atoms with Gasteiger partial charge in [0.2, 0.25) is 0 Å². The average molecular weight is 281 g/mol. The molecule has 86 valence electrons. The quantitative estimate of drug-likeness (QED) is 0.887. The van der Waals surface area contributed by atoms with Crippen molar-refractivity contribution in [1.29, 1.82) is 0 Å². The fourth-order valence-corrected chi connectivity index (χ4v) is 2.58. The molecule has 0 spiro atoms. The molecule has 1 saturated carbocycles. The molecular formula is C14H17BrO. The van der Waals surface area contributed by atoms with Gasteiger partial charge in [-0.1, -0.05) is 47.0 Å². The zero-order valence-corrected chi connectivity index (χ0v) is 10.9. The summed E-state index contributed by atoms with van der Waals surface area (Å²) in [7, 11) is 0. The van der Waals surface area contributed by atoms with Gasteiger partial charge in [-0.2, -0.15) is 0 Å². The monoisotopic (exact) mass is 280 g/mol. The van der Waals surface area contributed by atoms with Crippen LogP contribution in [0.15, 0.2) is 34.8 Å². The highest BCUT2D eigenvalue weighted by Crippen LogP contribution is 2.29. The normalized spacial score (nSPS) is 18.0. The molecule has 1 aliphatic rings. The lowest BCUT2D eigenvalue weighted by Crippen LogP contribution is -1.95. The lowest BCUT2D eigenvalue weighted by atomic mass is 9.99. The third-order valence-corrected chi connectivity index (χ3v) is 3.75. The molecule has 0 aromatic heterocycles. The summed E-state index contributed by atoms with van der Waals surface area (Å²) >= 11 is 3.42. The number of aliphatic hydroxyl groups is 1. The van der Waals surface area contributed by atoms with E-state index in [0.717, 1.165) is 15.6 Å². The van der Waals surface area contributed by atoms with Crippen molar-refractivity contribution in [2.24, 2.45) is 5.92 Å². The first kappa shape index (κ1) is 11.9. The summed E-state index contributed by atoms with van der Waals surface area (Å²) in [4.78, 5) is 0. The van der Waals surface area contributed by atoms with E-state index in [-0.39, 0.29) is 6.61 Å². The van der Waals surface area contributed by atoms with Gasteiger partial charge in [0.15, 0.2) is 0 Å². The van der Waals surface area contributed by atoms with Gasteiger partial charge in [-0.25, -0.2) is 0 Å².